The highest BCUT2D eigenvalue weighted by atomic mass is 79.9. The quantitative estimate of drug-likeness (QED) is 0.313. The van der Waals surface area contributed by atoms with Crippen LogP contribution in [-0.4, -0.2) is 16.8 Å². The van der Waals surface area contributed by atoms with Crippen molar-refractivity contribution in [3.63, 3.8) is 0 Å². The summed E-state index contributed by atoms with van der Waals surface area (Å²) in [5.74, 6) is -1.57. The van der Waals surface area contributed by atoms with E-state index in [1.807, 2.05) is 61.7 Å². The van der Waals surface area contributed by atoms with Crippen molar-refractivity contribution in [1.82, 2.24) is 0 Å². The predicted molar refractivity (Wildman–Crippen MR) is 128 cm³/mol. The number of aliphatic hydroxyl groups is 1. The molecule has 0 aliphatic carbocycles. The van der Waals surface area contributed by atoms with E-state index in [1.165, 1.54) is 16.2 Å². The van der Waals surface area contributed by atoms with Crippen LogP contribution in [-0.2, 0) is 4.79 Å². The molecule has 0 radical (unpaired) electrons. The maximum Gasteiger partial charge on any atom is 0.294 e. The average Bonchev–Trinajstić information content (AvgIpc) is 3.45. The number of aryl methyl sites for hydroxylation is 2. The van der Waals surface area contributed by atoms with Crippen LogP contribution >= 0.6 is 27.3 Å². The lowest BCUT2D eigenvalue weighted by Gasteiger charge is -2.26. The molecular weight excluding hydrogens is 490 g/mol. The molecule has 1 aliphatic heterocycles. The van der Waals surface area contributed by atoms with E-state index in [9.17, 15) is 14.7 Å². The SMILES string of the molecule is Cc1cc(C)cc(N2C(=O)C(O)=C(C(=O)c3cc4cc(Br)ccc4o3)C2c2cccs2)c1. The number of carbonyl (C=O) groups excluding carboxylic acids is 2. The van der Waals surface area contributed by atoms with E-state index in [1.54, 1.807) is 12.1 Å². The minimum absolute atomic E-state index is 0.0229. The third-order valence-corrected chi connectivity index (χ3v) is 6.87. The average molecular weight is 508 g/mol. The normalized spacial score (nSPS) is 16.4. The van der Waals surface area contributed by atoms with Gasteiger partial charge in [0.05, 0.1) is 5.57 Å². The van der Waals surface area contributed by atoms with E-state index < -0.39 is 23.5 Å². The summed E-state index contributed by atoms with van der Waals surface area (Å²) < 4.78 is 6.65. The minimum Gasteiger partial charge on any atom is -0.503 e. The van der Waals surface area contributed by atoms with Gasteiger partial charge in [0, 0.05) is 20.4 Å². The van der Waals surface area contributed by atoms with Gasteiger partial charge in [-0.25, -0.2) is 0 Å². The molecule has 5 rings (SSSR count). The number of rotatable bonds is 4. The Hall–Kier alpha value is -3.16. The van der Waals surface area contributed by atoms with Crippen LogP contribution in [0.5, 0.6) is 0 Å². The number of hydrogen-bond donors (Lipinski definition) is 1. The fourth-order valence-corrected chi connectivity index (χ4v) is 5.37. The van der Waals surface area contributed by atoms with Crippen molar-refractivity contribution < 1.29 is 19.1 Å². The maximum atomic E-state index is 13.6. The number of carbonyl (C=O) groups is 2. The van der Waals surface area contributed by atoms with Crippen molar-refractivity contribution in [3.05, 3.63) is 97.5 Å². The highest BCUT2D eigenvalue weighted by Crippen LogP contribution is 2.44. The Morgan fingerprint density at radius 2 is 1.84 bits per heavy atom. The van der Waals surface area contributed by atoms with Gasteiger partial charge in [0.25, 0.3) is 5.91 Å². The van der Waals surface area contributed by atoms with Crippen LogP contribution in [0.1, 0.15) is 32.6 Å². The van der Waals surface area contributed by atoms with Crippen LogP contribution < -0.4 is 4.90 Å². The highest BCUT2D eigenvalue weighted by Gasteiger charge is 2.46. The molecule has 0 bridgehead atoms. The number of nitrogens with zero attached hydrogens (tertiary/aromatic N) is 1. The summed E-state index contributed by atoms with van der Waals surface area (Å²) in [7, 11) is 0. The highest BCUT2D eigenvalue weighted by molar-refractivity contribution is 9.10. The standard InChI is InChI=1S/C25H18BrNO4S/c1-13-8-14(2)10-17(9-13)27-22(20-4-3-7-32-20)21(24(29)25(27)30)23(28)19-12-15-11-16(26)5-6-18(15)31-19/h3-12,22,29H,1-2H3. The molecule has 2 aromatic carbocycles. The third-order valence-electron chi connectivity index (χ3n) is 5.45. The third kappa shape index (κ3) is 3.38. The zero-order chi connectivity index (χ0) is 22.6. The summed E-state index contributed by atoms with van der Waals surface area (Å²) in [6.07, 6.45) is 0. The molecule has 3 heterocycles. The summed E-state index contributed by atoms with van der Waals surface area (Å²) >= 11 is 4.84. The number of amides is 1. The molecule has 4 aromatic rings. The Kier molecular flexibility index (Phi) is 5.03. The van der Waals surface area contributed by atoms with Crippen LogP contribution in [0.25, 0.3) is 11.0 Å². The van der Waals surface area contributed by atoms with Crippen LogP contribution in [0, 0.1) is 13.8 Å². The first-order valence-electron chi connectivity index (χ1n) is 9.95. The molecule has 1 atom stereocenters. The molecule has 7 heteroatoms. The van der Waals surface area contributed by atoms with Gasteiger partial charge in [-0.2, -0.15) is 0 Å². The van der Waals surface area contributed by atoms with Crippen LogP contribution in [0.3, 0.4) is 0 Å². The number of benzene rings is 2. The van der Waals surface area contributed by atoms with Gasteiger partial charge in [-0.15, -0.1) is 11.3 Å². The molecule has 160 valence electrons. The number of thiophene rings is 1. The Balaban J connectivity index is 1.65. The van der Waals surface area contributed by atoms with Crippen molar-refractivity contribution in [1.29, 1.82) is 0 Å². The van der Waals surface area contributed by atoms with Crippen molar-refractivity contribution in [2.45, 2.75) is 19.9 Å². The largest absolute Gasteiger partial charge is 0.503 e. The Morgan fingerprint density at radius 1 is 1.09 bits per heavy atom. The predicted octanol–water partition coefficient (Wildman–Crippen LogP) is 6.66. The fraction of sp³-hybridized carbons (Fsp3) is 0.120. The molecule has 1 amide bonds. The van der Waals surface area contributed by atoms with Gasteiger partial charge in [-0.1, -0.05) is 28.1 Å². The van der Waals surface area contributed by atoms with Gasteiger partial charge < -0.3 is 9.52 Å². The van der Waals surface area contributed by atoms with Gasteiger partial charge in [-0.3, -0.25) is 14.5 Å². The van der Waals surface area contributed by atoms with Gasteiger partial charge in [0.15, 0.2) is 11.5 Å². The first kappa shape index (κ1) is 20.7. The minimum atomic E-state index is -0.740. The first-order valence-corrected chi connectivity index (χ1v) is 11.6. The summed E-state index contributed by atoms with van der Waals surface area (Å²) in [5, 5.41) is 13.5. The number of Topliss-reactive ketones (excluding diaryl/α,β-unsaturated/α-hetero) is 1. The number of halogens is 1. The molecule has 0 saturated heterocycles. The van der Waals surface area contributed by atoms with Crippen molar-refractivity contribution in [2.75, 3.05) is 4.90 Å². The van der Waals surface area contributed by atoms with Crippen molar-refractivity contribution >= 4 is 55.6 Å². The van der Waals surface area contributed by atoms with Crippen LogP contribution in [0.15, 0.2) is 80.2 Å². The topological polar surface area (TPSA) is 70.8 Å². The van der Waals surface area contributed by atoms with E-state index in [-0.39, 0.29) is 11.3 Å². The summed E-state index contributed by atoms with van der Waals surface area (Å²) in [4.78, 5) is 29.1. The molecule has 0 saturated carbocycles. The maximum absolute atomic E-state index is 13.6. The Labute approximate surface area is 196 Å². The van der Waals surface area contributed by atoms with Gasteiger partial charge >= 0.3 is 0 Å². The zero-order valence-corrected chi connectivity index (χ0v) is 19.7. The monoisotopic (exact) mass is 507 g/mol. The van der Waals surface area contributed by atoms with Crippen molar-refractivity contribution in [3.8, 4) is 0 Å². The zero-order valence-electron chi connectivity index (χ0n) is 17.3. The Bertz CT molecular complexity index is 1400. The number of ketones is 1. The first-order chi connectivity index (χ1) is 15.3. The van der Waals surface area contributed by atoms with E-state index in [0.29, 0.717) is 11.3 Å². The molecule has 1 N–H and O–H groups in total. The second-order valence-electron chi connectivity index (χ2n) is 7.82. The lowest BCUT2D eigenvalue weighted by Crippen LogP contribution is -2.30. The summed E-state index contributed by atoms with van der Waals surface area (Å²) in [5.41, 5.74) is 3.18. The van der Waals surface area contributed by atoms with E-state index in [0.717, 1.165) is 25.9 Å². The Morgan fingerprint density at radius 3 is 2.53 bits per heavy atom. The number of aliphatic hydroxyl groups excluding tert-OH is 1. The second kappa shape index (κ2) is 7.76. The number of hydrogen-bond acceptors (Lipinski definition) is 5. The van der Waals surface area contributed by atoms with E-state index >= 15 is 0 Å². The molecule has 2 aromatic heterocycles. The second-order valence-corrected chi connectivity index (χ2v) is 9.72. The van der Waals surface area contributed by atoms with Gasteiger partial charge in [0.1, 0.15) is 11.6 Å². The lowest BCUT2D eigenvalue weighted by molar-refractivity contribution is -0.117. The molecule has 32 heavy (non-hydrogen) atoms. The van der Waals surface area contributed by atoms with Gasteiger partial charge in [-0.05, 0) is 72.8 Å². The molecule has 5 nitrogen and oxygen atoms in total. The number of furan rings is 1. The smallest absolute Gasteiger partial charge is 0.294 e. The summed E-state index contributed by atoms with van der Waals surface area (Å²) in [6.45, 7) is 3.89. The summed E-state index contributed by atoms with van der Waals surface area (Å²) in [6, 6.07) is 15.8. The molecular formula is C25H18BrNO4S. The van der Waals surface area contributed by atoms with Gasteiger partial charge in [0.2, 0.25) is 5.78 Å². The lowest BCUT2D eigenvalue weighted by atomic mass is 9.99. The van der Waals surface area contributed by atoms with E-state index in [2.05, 4.69) is 15.9 Å². The van der Waals surface area contributed by atoms with Crippen LogP contribution in [0.4, 0.5) is 5.69 Å². The van der Waals surface area contributed by atoms with Crippen molar-refractivity contribution in [2.24, 2.45) is 0 Å². The van der Waals surface area contributed by atoms with E-state index in [4.69, 9.17) is 4.42 Å². The number of anilines is 1. The molecule has 0 fully saturated rings. The number of fused-ring (bicyclic) bond motifs is 1. The fourth-order valence-electron chi connectivity index (χ4n) is 4.17. The van der Waals surface area contributed by atoms with Crippen LogP contribution in [0.2, 0.25) is 0 Å². The molecule has 1 unspecified atom stereocenters. The molecule has 1 aliphatic rings. The molecule has 0 spiro atoms.